The second-order valence-corrected chi connectivity index (χ2v) is 14.4. The molecule has 5 rings (SSSR count). The third-order valence-corrected chi connectivity index (χ3v) is 9.37. The van der Waals surface area contributed by atoms with Gasteiger partial charge in [-0.2, -0.15) is 30.4 Å². The fourth-order valence-corrected chi connectivity index (χ4v) is 6.43. The molecule has 54 heavy (non-hydrogen) atoms. The number of azo groups is 1. The first-order valence-corrected chi connectivity index (χ1v) is 17.5. The summed E-state index contributed by atoms with van der Waals surface area (Å²) in [6.45, 7) is 0. The van der Waals surface area contributed by atoms with Crippen LogP contribution in [0.5, 0.6) is 17.2 Å². The Kier molecular flexibility index (Phi) is 17.7. The van der Waals surface area contributed by atoms with E-state index in [-0.39, 0.29) is 151 Å². The number of benzene rings is 5. The van der Waals surface area contributed by atoms with Crippen molar-refractivity contribution in [1.29, 1.82) is 0 Å². The number of carbonyl (C=O) groups is 2. The van der Waals surface area contributed by atoms with Crippen LogP contribution in [0.25, 0.3) is 21.5 Å². The van der Waals surface area contributed by atoms with Crippen LogP contribution in [0, 0.1) is 0 Å². The van der Waals surface area contributed by atoms with Gasteiger partial charge in [-0.3, -0.25) is 13.7 Å². The van der Waals surface area contributed by atoms with Crippen molar-refractivity contribution in [3.8, 4) is 17.2 Å². The molecule has 0 aliphatic heterocycles. The Morgan fingerprint density at radius 1 is 0.593 bits per heavy atom. The summed E-state index contributed by atoms with van der Waals surface area (Å²) in [5.74, 6) is -5.68. The van der Waals surface area contributed by atoms with Gasteiger partial charge in [0.25, 0.3) is 30.4 Å². The number of carboxylic acids is 1. The Hall–Kier alpha value is -1.91. The van der Waals surface area contributed by atoms with Gasteiger partial charge in [0.2, 0.25) is 0 Å². The van der Waals surface area contributed by atoms with E-state index in [1.54, 1.807) is 0 Å². The van der Waals surface area contributed by atoms with Crippen LogP contribution < -0.4 is 149 Å². The van der Waals surface area contributed by atoms with E-state index in [9.17, 15) is 68.9 Å². The maximum absolute atomic E-state index is 13.3. The monoisotopic (exact) mass is 836 g/mol. The molecular formula is C28H16N4Na4O15S3. The van der Waals surface area contributed by atoms with Gasteiger partial charge in [0.15, 0.2) is 0 Å². The third-order valence-electron chi connectivity index (χ3n) is 6.81. The van der Waals surface area contributed by atoms with Crippen molar-refractivity contribution in [2.45, 2.75) is 14.7 Å². The van der Waals surface area contributed by atoms with E-state index in [1.165, 1.54) is 24.3 Å². The Balaban J connectivity index is 0.00000364. The molecule has 0 fully saturated rings. The Bertz CT molecular complexity index is 2680. The Morgan fingerprint density at radius 3 is 1.61 bits per heavy atom. The summed E-state index contributed by atoms with van der Waals surface area (Å²) < 4.78 is 98.9. The van der Waals surface area contributed by atoms with Crippen molar-refractivity contribution in [3.05, 3.63) is 72.3 Å². The molecule has 260 valence electrons. The minimum Gasteiger partial charge on any atom is -0.872 e. The van der Waals surface area contributed by atoms with Crippen molar-refractivity contribution in [2.24, 2.45) is 10.2 Å². The predicted molar refractivity (Wildman–Crippen MR) is 163 cm³/mol. The smallest absolute Gasteiger partial charge is 0.872 e. The number of carboxylic acid groups (broad SMARTS) is 1. The van der Waals surface area contributed by atoms with Gasteiger partial charge in [-0.05, 0) is 81.7 Å². The number of fused-ring (bicyclic) bond motifs is 2. The number of hydrogen-bond acceptors (Lipinski definition) is 14. The van der Waals surface area contributed by atoms with Gasteiger partial charge >= 0.3 is 124 Å². The van der Waals surface area contributed by atoms with Crippen molar-refractivity contribution >= 4 is 86.6 Å². The van der Waals surface area contributed by atoms with E-state index in [0.29, 0.717) is 12.1 Å². The standard InChI is InChI=1S/C28H20N4O15S3.4Na/c33-21-11-17(48(39,40)41)7-12-5-14(1-3-18(12)21)29-28(38)30-15-2-4-19-13(6-15)8-22(49(42,43)44)24(26(19)35)32-31-16-9-20(27(36)37)25(34)23(10-16)50(45,46)47;;;;/h1-11,33-35H,(H,36,37)(H2,29,30,38)(H,39,40,41)(H,42,43,44)(H,45,46,47);;;;/q;4*+1/p-4. The molecule has 0 saturated heterocycles. The molecule has 0 bridgehead atoms. The Morgan fingerprint density at radius 2 is 1.11 bits per heavy atom. The number of urea groups is 1. The van der Waals surface area contributed by atoms with Crippen molar-refractivity contribution in [3.63, 3.8) is 0 Å². The van der Waals surface area contributed by atoms with Gasteiger partial charge < -0.3 is 35.9 Å². The van der Waals surface area contributed by atoms with Gasteiger partial charge in [-0.15, -0.1) is 5.11 Å². The summed E-state index contributed by atoms with van der Waals surface area (Å²) in [5, 5.41) is 60.4. The molecule has 5 aromatic carbocycles. The topological polar surface area (TPSA) is 338 Å². The van der Waals surface area contributed by atoms with Crippen LogP contribution in [0.4, 0.5) is 27.5 Å². The number of amides is 2. The third kappa shape index (κ3) is 11.4. The molecule has 0 spiro atoms. The normalized spacial score (nSPS) is 11.5. The minimum atomic E-state index is -5.29. The molecule has 26 heteroatoms. The van der Waals surface area contributed by atoms with E-state index < -0.39 is 91.2 Å². The van der Waals surface area contributed by atoms with Crippen LogP contribution in [-0.4, -0.2) is 50.9 Å². The SMILES string of the molecule is O=C(Nc1ccc2c([O-])cc(S(=O)(=O)O)cc2c1)Nc1ccc2c([O-])c(N=Nc3cc(C(=O)[O-])c([O-])c(S(=O)(=O)O)c3)c(S(=O)(=O)O)cc2c1.[Na+].[Na+].[Na+].[Na+]. The van der Waals surface area contributed by atoms with Crippen LogP contribution in [-0.2, 0) is 30.4 Å². The number of carbonyl (C=O) groups excluding carboxylic acids is 2. The van der Waals surface area contributed by atoms with Crippen molar-refractivity contribution < 1.29 is 187 Å². The molecule has 0 aromatic heterocycles. The van der Waals surface area contributed by atoms with Gasteiger partial charge in [0.1, 0.15) is 4.90 Å². The van der Waals surface area contributed by atoms with Crippen LogP contribution >= 0.6 is 0 Å². The summed E-state index contributed by atoms with van der Waals surface area (Å²) in [6.07, 6.45) is 0. The number of aromatic carboxylic acids is 1. The molecule has 0 saturated carbocycles. The summed E-state index contributed by atoms with van der Waals surface area (Å²) in [7, 11) is -15.2. The molecule has 2 amide bonds. The zero-order valence-corrected chi connectivity index (χ0v) is 38.7. The maximum atomic E-state index is 13.3. The minimum absolute atomic E-state index is 0. The van der Waals surface area contributed by atoms with Gasteiger partial charge in [0.05, 0.1) is 27.1 Å². The zero-order valence-electron chi connectivity index (χ0n) is 28.2. The molecule has 5 aromatic rings. The van der Waals surface area contributed by atoms with Crippen LogP contribution in [0.2, 0.25) is 0 Å². The quantitative estimate of drug-likeness (QED) is 0.0551. The van der Waals surface area contributed by atoms with Gasteiger partial charge in [-0.1, -0.05) is 29.4 Å². The van der Waals surface area contributed by atoms with Crippen molar-refractivity contribution in [1.82, 2.24) is 0 Å². The second-order valence-electron chi connectivity index (χ2n) is 10.2. The number of anilines is 2. The predicted octanol–water partition coefficient (Wildman–Crippen LogP) is -10.6. The first-order valence-electron chi connectivity index (χ1n) is 13.1. The van der Waals surface area contributed by atoms with E-state index in [4.69, 9.17) is 0 Å². The molecule has 0 aliphatic rings. The first-order chi connectivity index (χ1) is 23.1. The second kappa shape index (κ2) is 19.0. The number of hydrogen-bond donors (Lipinski definition) is 5. The van der Waals surface area contributed by atoms with E-state index in [0.717, 1.165) is 30.3 Å². The summed E-state index contributed by atoms with van der Waals surface area (Å²) in [4.78, 5) is 20.8. The maximum Gasteiger partial charge on any atom is 1.00 e. The van der Waals surface area contributed by atoms with Gasteiger partial charge in [0, 0.05) is 11.4 Å². The fourth-order valence-electron chi connectivity index (χ4n) is 4.63. The first kappa shape index (κ1) is 50.1. The molecule has 0 heterocycles. The summed E-state index contributed by atoms with van der Waals surface area (Å²) >= 11 is 0. The number of nitrogens with one attached hydrogen (secondary N) is 2. The Labute approximate surface area is 393 Å². The van der Waals surface area contributed by atoms with Gasteiger partial charge in [-0.25, -0.2) is 4.79 Å². The zero-order chi connectivity index (χ0) is 36.9. The molecule has 0 aliphatic carbocycles. The molecule has 0 radical (unpaired) electrons. The molecule has 19 nitrogen and oxygen atoms in total. The van der Waals surface area contributed by atoms with Crippen LogP contribution in [0.1, 0.15) is 10.4 Å². The van der Waals surface area contributed by atoms with E-state index in [2.05, 4.69) is 20.9 Å². The average molecular weight is 837 g/mol. The summed E-state index contributed by atoms with van der Waals surface area (Å²) in [6, 6.07) is 9.83. The van der Waals surface area contributed by atoms with Crippen LogP contribution in [0.15, 0.2) is 91.6 Å². The van der Waals surface area contributed by atoms with E-state index in [1.807, 2.05) is 0 Å². The molecule has 0 unspecified atom stereocenters. The molecule has 5 N–H and O–H groups in total. The van der Waals surface area contributed by atoms with E-state index >= 15 is 0 Å². The van der Waals surface area contributed by atoms with Crippen molar-refractivity contribution in [2.75, 3.05) is 10.6 Å². The largest absolute Gasteiger partial charge is 1.00 e. The molecular weight excluding hydrogens is 820 g/mol. The number of rotatable bonds is 8. The average Bonchev–Trinajstić information content (AvgIpc) is 2.99. The summed E-state index contributed by atoms with van der Waals surface area (Å²) in [5.41, 5.74) is -2.98. The molecule has 0 atom stereocenters. The number of nitrogens with zero attached hydrogens (tertiary/aromatic N) is 2. The van der Waals surface area contributed by atoms with Crippen LogP contribution in [0.3, 0.4) is 0 Å². The fraction of sp³-hybridized carbons (Fsp3) is 0.